The van der Waals surface area contributed by atoms with Gasteiger partial charge in [0.25, 0.3) is 0 Å². The van der Waals surface area contributed by atoms with Gasteiger partial charge in [-0.15, -0.1) is 0 Å². The lowest BCUT2D eigenvalue weighted by Crippen LogP contribution is -2.79. The zero-order chi connectivity index (χ0) is 18.8. The summed E-state index contributed by atoms with van der Waals surface area (Å²) in [6.07, 6.45) is 8.56. The SMILES string of the molecule is CCCCCN[C@@]12C=CC(=O)C3Oc4c(O)ccc5c4[C@@]31CCN(C)C2C5. The first kappa shape index (κ1) is 17.3. The van der Waals surface area contributed by atoms with E-state index in [0.29, 0.717) is 5.75 Å². The summed E-state index contributed by atoms with van der Waals surface area (Å²) >= 11 is 0. The van der Waals surface area contributed by atoms with Gasteiger partial charge in [0.05, 0.1) is 11.0 Å². The van der Waals surface area contributed by atoms with Gasteiger partial charge in [0, 0.05) is 11.6 Å². The van der Waals surface area contributed by atoms with E-state index < -0.39 is 11.5 Å². The molecule has 5 heteroatoms. The third-order valence-electron chi connectivity index (χ3n) is 7.39. The van der Waals surface area contributed by atoms with Gasteiger partial charge >= 0.3 is 0 Å². The third-order valence-corrected chi connectivity index (χ3v) is 7.39. The van der Waals surface area contributed by atoms with Crippen molar-refractivity contribution in [2.75, 3.05) is 20.1 Å². The molecule has 27 heavy (non-hydrogen) atoms. The second-order valence-corrected chi connectivity index (χ2v) is 8.61. The molecule has 0 amide bonds. The Hall–Kier alpha value is -1.85. The van der Waals surface area contributed by atoms with Crippen molar-refractivity contribution in [3.8, 4) is 11.5 Å². The molecular formula is C22H28N2O3. The number of ketones is 1. The van der Waals surface area contributed by atoms with E-state index in [1.807, 2.05) is 6.07 Å². The van der Waals surface area contributed by atoms with Crippen LogP contribution in [-0.4, -0.2) is 53.6 Å². The van der Waals surface area contributed by atoms with Crippen LogP contribution in [0.1, 0.15) is 43.7 Å². The van der Waals surface area contributed by atoms with Crippen molar-refractivity contribution in [2.24, 2.45) is 0 Å². The minimum Gasteiger partial charge on any atom is -0.504 e. The molecule has 0 saturated carbocycles. The summed E-state index contributed by atoms with van der Waals surface area (Å²) in [5.74, 6) is 0.715. The van der Waals surface area contributed by atoms with Gasteiger partial charge in [-0.1, -0.05) is 31.9 Å². The lowest BCUT2D eigenvalue weighted by molar-refractivity contribution is -0.129. The molecule has 2 aliphatic heterocycles. The minimum absolute atomic E-state index is 0.0211. The number of hydrogen-bond acceptors (Lipinski definition) is 5. The predicted octanol–water partition coefficient (Wildman–Crippen LogP) is 2.31. The molecule has 5 nitrogen and oxygen atoms in total. The number of hydrogen-bond donors (Lipinski definition) is 2. The molecule has 4 aliphatic rings. The van der Waals surface area contributed by atoms with Crippen molar-refractivity contribution in [3.05, 3.63) is 35.4 Å². The molecule has 2 bridgehead atoms. The number of benzene rings is 1. The van der Waals surface area contributed by atoms with Crippen molar-refractivity contribution in [1.29, 1.82) is 0 Å². The van der Waals surface area contributed by atoms with Crippen LogP contribution in [0.4, 0.5) is 0 Å². The summed E-state index contributed by atoms with van der Waals surface area (Å²) in [4.78, 5) is 15.3. The van der Waals surface area contributed by atoms with Crippen molar-refractivity contribution < 1.29 is 14.6 Å². The van der Waals surface area contributed by atoms with Gasteiger partial charge in [-0.05, 0) is 57.1 Å². The van der Waals surface area contributed by atoms with Crippen molar-refractivity contribution >= 4 is 5.78 Å². The number of likely N-dealkylation sites (N-methyl/N-ethyl adjacent to an activating group) is 1. The Bertz CT molecular complexity index is 835. The molecule has 1 saturated heterocycles. The summed E-state index contributed by atoms with van der Waals surface area (Å²) in [6, 6.07) is 4.01. The van der Waals surface area contributed by atoms with Crippen molar-refractivity contribution in [3.63, 3.8) is 0 Å². The Morgan fingerprint density at radius 2 is 2.22 bits per heavy atom. The van der Waals surface area contributed by atoms with Crippen molar-refractivity contribution in [1.82, 2.24) is 10.2 Å². The van der Waals surface area contributed by atoms with E-state index in [0.717, 1.165) is 37.9 Å². The van der Waals surface area contributed by atoms with E-state index in [1.54, 1.807) is 12.1 Å². The number of piperidine rings is 1. The number of nitrogens with zero attached hydrogens (tertiary/aromatic N) is 1. The van der Waals surface area contributed by atoms with Crippen molar-refractivity contribution in [2.45, 2.75) is 62.1 Å². The highest BCUT2D eigenvalue weighted by Crippen LogP contribution is 2.63. The Morgan fingerprint density at radius 3 is 3.04 bits per heavy atom. The maximum absolute atomic E-state index is 12.9. The zero-order valence-electron chi connectivity index (χ0n) is 16.1. The number of ether oxygens (including phenoxy) is 1. The first-order valence-electron chi connectivity index (χ1n) is 10.3. The van der Waals surface area contributed by atoms with Gasteiger partial charge in [-0.25, -0.2) is 0 Å². The number of phenols is 1. The number of carbonyl (C=O) groups is 1. The molecule has 0 aromatic heterocycles. The van der Waals surface area contributed by atoms with Crippen LogP contribution >= 0.6 is 0 Å². The van der Waals surface area contributed by atoms with Gasteiger partial charge < -0.3 is 20.1 Å². The molecule has 2 unspecified atom stereocenters. The number of nitrogens with one attached hydrogen (secondary N) is 1. The number of unbranched alkanes of at least 4 members (excludes halogenated alkanes) is 2. The van der Waals surface area contributed by atoms with Crippen LogP contribution in [0.2, 0.25) is 0 Å². The number of carbonyl (C=O) groups excluding carboxylic acids is 1. The highest BCUT2D eigenvalue weighted by molar-refractivity contribution is 5.99. The number of likely N-dealkylation sites (tertiary alicyclic amines) is 1. The normalized spacial score (nSPS) is 35.9. The largest absolute Gasteiger partial charge is 0.504 e. The standard InChI is InChI=1S/C22H28N2O3/c1-3-4-5-11-23-22-9-8-16(26)20-21(22)10-12-24(2)17(22)13-14-6-7-15(25)19(27-20)18(14)21/h6-9,17,20,23,25H,3-5,10-13H2,1-2H3/t17?,20?,21-,22+/m0/s1. The Morgan fingerprint density at radius 1 is 1.37 bits per heavy atom. The van der Waals surface area contributed by atoms with Crippen LogP contribution in [0.5, 0.6) is 11.5 Å². The maximum atomic E-state index is 12.9. The molecule has 5 rings (SSSR count). The van der Waals surface area contributed by atoms with Crippen LogP contribution < -0.4 is 10.1 Å². The molecule has 4 atom stereocenters. The van der Waals surface area contributed by atoms with Crippen LogP contribution in [0.25, 0.3) is 0 Å². The number of phenolic OH excluding ortho intramolecular Hbond substituents is 1. The molecule has 0 radical (unpaired) electrons. The summed E-state index contributed by atoms with van der Waals surface area (Å²) < 4.78 is 6.20. The molecule has 2 heterocycles. The zero-order valence-corrected chi connectivity index (χ0v) is 16.1. The van der Waals surface area contributed by atoms with E-state index >= 15 is 0 Å². The average Bonchev–Trinajstić information content (AvgIpc) is 3.02. The molecule has 1 spiro atoms. The molecule has 2 N–H and O–H groups in total. The van der Waals surface area contributed by atoms with E-state index in [9.17, 15) is 9.90 Å². The molecule has 2 aliphatic carbocycles. The number of aromatic hydroxyl groups is 1. The molecule has 1 aromatic rings. The second-order valence-electron chi connectivity index (χ2n) is 8.61. The van der Waals surface area contributed by atoms with Crippen LogP contribution in [0.15, 0.2) is 24.3 Å². The maximum Gasteiger partial charge on any atom is 0.196 e. The fourth-order valence-electron chi connectivity index (χ4n) is 6.17. The first-order chi connectivity index (χ1) is 13.0. The Balaban J connectivity index is 1.72. The Labute approximate surface area is 160 Å². The third kappa shape index (κ3) is 1.99. The summed E-state index contributed by atoms with van der Waals surface area (Å²) in [5.41, 5.74) is 1.54. The van der Waals surface area contributed by atoms with Crippen LogP contribution in [0.3, 0.4) is 0 Å². The van der Waals surface area contributed by atoms with Gasteiger partial charge in [0.15, 0.2) is 23.4 Å². The Kier molecular flexibility index (Phi) is 3.72. The summed E-state index contributed by atoms with van der Waals surface area (Å²) in [6.45, 7) is 4.07. The van der Waals surface area contributed by atoms with Crippen LogP contribution in [0, 0.1) is 0 Å². The quantitative estimate of drug-likeness (QED) is 0.781. The summed E-state index contributed by atoms with van der Waals surface area (Å²) in [5, 5.41) is 14.4. The van der Waals surface area contributed by atoms with E-state index in [2.05, 4.69) is 30.3 Å². The van der Waals surface area contributed by atoms with Gasteiger partial charge in [0.1, 0.15) is 0 Å². The number of rotatable bonds is 5. The fraction of sp³-hybridized carbons (Fsp3) is 0.591. The predicted molar refractivity (Wildman–Crippen MR) is 103 cm³/mol. The van der Waals surface area contributed by atoms with Gasteiger partial charge in [0.2, 0.25) is 0 Å². The highest BCUT2D eigenvalue weighted by atomic mass is 16.5. The average molecular weight is 368 g/mol. The summed E-state index contributed by atoms with van der Waals surface area (Å²) in [7, 11) is 2.19. The lowest BCUT2D eigenvalue weighted by atomic mass is 9.49. The monoisotopic (exact) mass is 368 g/mol. The minimum atomic E-state index is -0.542. The highest BCUT2D eigenvalue weighted by Gasteiger charge is 2.71. The lowest BCUT2D eigenvalue weighted by Gasteiger charge is -2.63. The molecule has 1 aromatic carbocycles. The molecular weight excluding hydrogens is 340 g/mol. The molecule has 144 valence electrons. The molecule has 1 fully saturated rings. The smallest absolute Gasteiger partial charge is 0.196 e. The van der Waals surface area contributed by atoms with E-state index in [4.69, 9.17) is 4.74 Å². The van der Waals surface area contributed by atoms with E-state index in [-0.39, 0.29) is 23.1 Å². The fourth-order valence-corrected chi connectivity index (χ4v) is 6.17. The van der Waals surface area contributed by atoms with Crippen LogP contribution in [-0.2, 0) is 16.6 Å². The van der Waals surface area contributed by atoms with E-state index in [1.165, 1.54) is 18.4 Å². The van der Waals surface area contributed by atoms with Gasteiger partial charge in [-0.2, -0.15) is 0 Å². The second kappa shape index (κ2) is 5.82. The van der Waals surface area contributed by atoms with Gasteiger partial charge in [-0.3, -0.25) is 4.79 Å². The topological polar surface area (TPSA) is 61.8 Å². The first-order valence-corrected chi connectivity index (χ1v) is 10.3.